The van der Waals surface area contributed by atoms with E-state index >= 15 is 0 Å². The Hall–Kier alpha value is -1.69. The molecular weight excluding hydrogens is 276 g/mol. The smallest absolute Gasteiger partial charge is 0.269 e. The van der Waals surface area contributed by atoms with Gasteiger partial charge in [-0.25, -0.2) is 9.69 Å². The highest BCUT2D eigenvalue weighted by Crippen LogP contribution is 2.28. The van der Waals surface area contributed by atoms with Crippen molar-refractivity contribution >= 4 is 39.5 Å². The molecule has 82 valence electrons. The molecule has 1 aromatic carbocycles. The van der Waals surface area contributed by atoms with Crippen LogP contribution in [-0.4, -0.2) is 17.8 Å². The van der Waals surface area contributed by atoms with E-state index in [1.54, 1.807) is 12.1 Å². The van der Waals surface area contributed by atoms with E-state index in [1.165, 1.54) is 0 Å². The van der Waals surface area contributed by atoms with Crippen molar-refractivity contribution in [2.75, 3.05) is 4.90 Å². The van der Waals surface area contributed by atoms with Crippen molar-refractivity contribution in [2.45, 2.75) is 6.92 Å². The average Bonchev–Trinajstić information content (AvgIpc) is 2.46. The molecule has 4 amide bonds. The van der Waals surface area contributed by atoms with Crippen LogP contribution in [0.4, 0.5) is 10.5 Å². The summed E-state index contributed by atoms with van der Waals surface area (Å²) in [4.78, 5) is 34.7. The summed E-state index contributed by atoms with van der Waals surface area (Å²) in [6.07, 6.45) is 0. The highest BCUT2D eigenvalue weighted by atomic mass is 79.9. The second-order valence-electron chi connectivity index (χ2n) is 3.35. The first kappa shape index (κ1) is 10.8. The van der Waals surface area contributed by atoms with Crippen molar-refractivity contribution in [2.24, 2.45) is 0 Å². The van der Waals surface area contributed by atoms with E-state index in [0.29, 0.717) is 10.2 Å². The van der Waals surface area contributed by atoms with Gasteiger partial charge in [0, 0.05) is 4.47 Å². The molecule has 1 aliphatic rings. The van der Waals surface area contributed by atoms with E-state index in [4.69, 9.17) is 0 Å². The minimum absolute atomic E-state index is 0.369. The van der Waals surface area contributed by atoms with Crippen molar-refractivity contribution in [1.82, 2.24) is 5.32 Å². The molecule has 1 fully saturated rings. The van der Waals surface area contributed by atoms with Gasteiger partial charge in [-0.1, -0.05) is 6.07 Å². The van der Waals surface area contributed by atoms with E-state index in [-0.39, 0.29) is 0 Å². The molecule has 1 saturated heterocycles. The molecule has 0 unspecified atom stereocenters. The van der Waals surface area contributed by atoms with Crippen LogP contribution in [0.1, 0.15) is 5.56 Å². The van der Waals surface area contributed by atoms with E-state index in [2.05, 4.69) is 15.9 Å². The quantitative estimate of drug-likeness (QED) is 0.624. The maximum absolute atomic E-state index is 11.5. The van der Waals surface area contributed by atoms with Crippen LogP contribution in [0.5, 0.6) is 0 Å². The van der Waals surface area contributed by atoms with Gasteiger partial charge in [0.2, 0.25) is 0 Å². The molecular formula is C10H7BrN2O3. The number of carbonyl (C=O) groups is 3. The van der Waals surface area contributed by atoms with Crippen LogP contribution in [-0.2, 0) is 9.59 Å². The molecule has 0 aromatic heterocycles. The molecule has 1 aliphatic heterocycles. The van der Waals surface area contributed by atoms with Gasteiger partial charge >= 0.3 is 17.8 Å². The minimum Gasteiger partial charge on any atom is -0.269 e. The van der Waals surface area contributed by atoms with Gasteiger partial charge in [-0.2, -0.15) is 0 Å². The standard InChI is InChI=1S/C10H7BrN2O3/c1-5-2-3-6(11)7(4-5)13-9(15)8(14)12-10(13)16/h2-4H,1H3,(H,12,14,16). The van der Waals surface area contributed by atoms with Crippen molar-refractivity contribution in [1.29, 1.82) is 0 Å². The average molecular weight is 283 g/mol. The Kier molecular flexibility index (Phi) is 2.51. The van der Waals surface area contributed by atoms with Gasteiger partial charge in [-0.05, 0) is 40.5 Å². The maximum Gasteiger partial charge on any atom is 0.336 e. The fourth-order valence-electron chi connectivity index (χ4n) is 1.41. The lowest BCUT2D eigenvalue weighted by Gasteiger charge is -2.13. The Morgan fingerprint density at radius 2 is 1.94 bits per heavy atom. The molecule has 0 atom stereocenters. The number of imide groups is 2. The number of halogens is 1. The van der Waals surface area contributed by atoms with Gasteiger partial charge in [-0.3, -0.25) is 14.9 Å². The van der Waals surface area contributed by atoms with E-state index in [9.17, 15) is 14.4 Å². The summed E-state index contributed by atoms with van der Waals surface area (Å²) < 4.78 is 0.580. The summed E-state index contributed by atoms with van der Waals surface area (Å²) in [5.74, 6) is -1.77. The van der Waals surface area contributed by atoms with Crippen molar-refractivity contribution in [3.8, 4) is 0 Å². The van der Waals surface area contributed by atoms with E-state index in [1.807, 2.05) is 18.3 Å². The maximum atomic E-state index is 11.5. The largest absolute Gasteiger partial charge is 0.336 e. The lowest BCUT2D eigenvalue weighted by Crippen LogP contribution is -2.31. The topological polar surface area (TPSA) is 66.5 Å². The fraction of sp³-hybridized carbons (Fsp3) is 0.100. The molecule has 5 nitrogen and oxygen atoms in total. The van der Waals surface area contributed by atoms with Gasteiger partial charge in [0.05, 0.1) is 5.69 Å². The molecule has 16 heavy (non-hydrogen) atoms. The Labute approximate surface area is 99.5 Å². The second-order valence-corrected chi connectivity index (χ2v) is 4.21. The Morgan fingerprint density at radius 3 is 2.50 bits per heavy atom. The number of rotatable bonds is 1. The number of anilines is 1. The molecule has 0 bridgehead atoms. The lowest BCUT2D eigenvalue weighted by atomic mass is 10.2. The molecule has 1 aromatic rings. The minimum atomic E-state index is -0.904. The van der Waals surface area contributed by atoms with Crippen LogP contribution in [0, 0.1) is 6.92 Å². The third kappa shape index (κ3) is 1.61. The van der Waals surface area contributed by atoms with Gasteiger partial charge in [0.1, 0.15) is 0 Å². The van der Waals surface area contributed by atoms with Gasteiger partial charge in [0.15, 0.2) is 0 Å². The molecule has 0 aliphatic carbocycles. The summed E-state index contributed by atoms with van der Waals surface area (Å²) in [6.45, 7) is 1.83. The van der Waals surface area contributed by atoms with Crippen LogP contribution >= 0.6 is 15.9 Å². The van der Waals surface area contributed by atoms with Crippen molar-refractivity contribution in [3.05, 3.63) is 28.2 Å². The zero-order chi connectivity index (χ0) is 11.9. The van der Waals surface area contributed by atoms with Crippen LogP contribution in [0.15, 0.2) is 22.7 Å². The number of nitrogens with zero attached hydrogens (tertiary/aromatic N) is 1. The first-order valence-corrected chi connectivity index (χ1v) is 5.25. The Morgan fingerprint density at radius 1 is 1.25 bits per heavy atom. The SMILES string of the molecule is Cc1ccc(Br)c(N2C(=O)NC(=O)C2=O)c1. The number of carbonyl (C=O) groups excluding carboxylic acids is 3. The summed E-state index contributed by atoms with van der Waals surface area (Å²) in [5, 5.41) is 1.94. The summed E-state index contributed by atoms with van der Waals surface area (Å²) >= 11 is 3.23. The number of benzene rings is 1. The zero-order valence-corrected chi connectivity index (χ0v) is 9.87. The predicted octanol–water partition coefficient (Wildman–Crippen LogP) is 1.34. The van der Waals surface area contributed by atoms with Crippen LogP contribution in [0.2, 0.25) is 0 Å². The lowest BCUT2D eigenvalue weighted by molar-refractivity contribution is -0.134. The molecule has 0 radical (unpaired) electrons. The zero-order valence-electron chi connectivity index (χ0n) is 8.28. The molecule has 1 N–H and O–H groups in total. The highest BCUT2D eigenvalue weighted by molar-refractivity contribution is 9.10. The summed E-state index contributed by atoms with van der Waals surface area (Å²) in [5.41, 5.74) is 1.26. The molecule has 1 heterocycles. The number of nitrogens with one attached hydrogen (secondary N) is 1. The van der Waals surface area contributed by atoms with Gasteiger partial charge in [0.25, 0.3) is 0 Å². The number of hydrogen-bond donors (Lipinski definition) is 1. The third-order valence-electron chi connectivity index (χ3n) is 2.16. The van der Waals surface area contributed by atoms with Crippen molar-refractivity contribution < 1.29 is 14.4 Å². The van der Waals surface area contributed by atoms with Gasteiger partial charge in [-0.15, -0.1) is 0 Å². The number of aryl methyl sites for hydroxylation is 1. The fourth-order valence-corrected chi connectivity index (χ4v) is 1.84. The summed E-state index contributed by atoms with van der Waals surface area (Å²) in [7, 11) is 0. The van der Waals surface area contributed by atoms with Crippen LogP contribution in [0.3, 0.4) is 0 Å². The highest BCUT2D eigenvalue weighted by Gasteiger charge is 2.38. The first-order chi connectivity index (χ1) is 7.50. The van der Waals surface area contributed by atoms with E-state index in [0.717, 1.165) is 10.5 Å². The van der Waals surface area contributed by atoms with Crippen LogP contribution < -0.4 is 10.2 Å². The normalized spacial score (nSPS) is 15.6. The number of amides is 4. The first-order valence-electron chi connectivity index (χ1n) is 4.46. The number of urea groups is 1. The predicted molar refractivity (Wildman–Crippen MR) is 59.9 cm³/mol. The molecule has 0 spiro atoms. The molecule has 2 rings (SSSR count). The Bertz CT molecular complexity index is 513. The van der Waals surface area contributed by atoms with Crippen molar-refractivity contribution in [3.63, 3.8) is 0 Å². The van der Waals surface area contributed by atoms with Crippen LogP contribution in [0.25, 0.3) is 0 Å². The summed E-state index contributed by atoms with van der Waals surface area (Å²) in [6, 6.07) is 4.48. The molecule has 6 heteroatoms. The molecule has 0 saturated carbocycles. The monoisotopic (exact) mass is 282 g/mol. The third-order valence-corrected chi connectivity index (χ3v) is 2.83. The van der Waals surface area contributed by atoms with E-state index < -0.39 is 17.8 Å². The van der Waals surface area contributed by atoms with Gasteiger partial charge < -0.3 is 0 Å². The second kappa shape index (κ2) is 3.71. The number of hydrogen-bond acceptors (Lipinski definition) is 3. The Balaban J connectivity index is 2.52.